The number of hydrogen-bond acceptors (Lipinski definition) is 1. The van der Waals surface area contributed by atoms with Gasteiger partial charge in [-0.25, -0.2) is 13.2 Å². The van der Waals surface area contributed by atoms with E-state index in [4.69, 9.17) is 0 Å². The standard InChI is InChI=1S/C17H12F3N/c18-14-8-9-15(17(20)16(14)19)21-10-12-6-3-5-11-4-1-2-7-13(11)12/h1-9,21H,10H2. The molecule has 0 aliphatic heterocycles. The Balaban J connectivity index is 1.89. The molecular formula is C17H12F3N. The predicted octanol–water partition coefficient (Wildman–Crippen LogP) is 4.87. The van der Waals surface area contributed by atoms with Crippen LogP contribution in [-0.2, 0) is 6.54 Å². The fraction of sp³-hybridized carbons (Fsp3) is 0.0588. The summed E-state index contributed by atoms with van der Waals surface area (Å²) in [6, 6.07) is 15.7. The number of fused-ring (bicyclic) bond motifs is 1. The lowest BCUT2D eigenvalue weighted by Gasteiger charge is -2.10. The molecule has 1 N–H and O–H groups in total. The molecule has 0 atom stereocenters. The first kappa shape index (κ1) is 13.5. The Morgan fingerprint density at radius 1 is 0.762 bits per heavy atom. The van der Waals surface area contributed by atoms with Crippen molar-refractivity contribution in [2.45, 2.75) is 6.54 Å². The van der Waals surface area contributed by atoms with Crippen molar-refractivity contribution in [3.8, 4) is 0 Å². The van der Waals surface area contributed by atoms with E-state index >= 15 is 0 Å². The zero-order valence-electron chi connectivity index (χ0n) is 11.0. The van der Waals surface area contributed by atoms with Crippen LogP contribution in [0.15, 0.2) is 54.6 Å². The second-order valence-corrected chi connectivity index (χ2v) is 4.71. The van der Waals surface area contributed by atoms with Gasteiger partial charge in [-0.15, -0.1) is 0 Å². The summed E-state index contributed by atoms with van der Waals surface area (Å²) in [4.78, 5) is 0. The van der Waals surface area contributed by atoms with Crippen molar-refractivity contribution in [3.63, 3.8) is 0 Å². The number of rotatable bonds is 3. The Morgan fingerprint density at radius 3 is 2.38 bits per heavy atom. The van der Waals surface area contributed by atoms with E-state index < -0.39 is 17.5 Å². The number of halogens is 3. The summed E-state index contributed by atoms with van der Waals surface area (Å²) < 4.78 is 39.7. The Labute approximate surface area is 120 Å². The van der Waals surface area contributed by atoms with Crippen molar-refractivity contribution in [3.05, 3.63) is 77.6 Å². The molecule has 1 nitrogen and oxygen atoms in total. The normalized spacial score (nSPS) is 10.8. The molecule has 0 aliphatic rings. The highest BCUT2D eigenvalue weighted by Gasteiger charge is 2.13. The Morgan fingerprint density at radius 2 is 1.52 bits per heavy atom. The van der Waals surface area contributed by atoms with Crippen LogP contribution in [0.1, 0.15) is 5.56 Å². The van der Waals surface area contributed by atoms with Crippen molar-refractivity contribution < 1.29 is 13.2 Å². The lowest BCUT2D eigenvalue weighted by atomic mass is 10.0. The average molecular weight is 287 g/mol. The number of benzene rings is 3. The molecule has 0 unspecified atom stereocenters. The van der Waals surface area contributed by atoms with Gasteiger partial charge in [-0.05, 0) is 28.5 Å². The monoisotopic (exact) mass is 287 g/mol. The third-order valence-corrected chi connectivity index (χ3v) is 3.38. The maximum atomic E-state index is 13.6. The van der Waals surface area contributed by atoms with Crippen molar-refractivity contribution in [1.29, 1.82) is 0 Å². The van der Waals surface area contributed by atoms with Crippen LogP contribution in [0, 0.1) is 17.5 Å². The zero-order valence-corrected chi connectivity index (χ0v) is 11.0. The van der Waals surface area contributed by atoms with Gasteiger partial charge in [-0.3, -0.25) is 0 Å². The van der Waals surface area contributed by atoms with Crippen LogP contribution in [0.25, 0.3) is 10.8 Å². The average Bonchev–Trinajstić information content (AvgIpc) is 2.52. The molecule has 0 aliphatic carbocycles. The molecule has 0 heterocycles. The lowest BCUT2D eigenvalue weighted by molar-refractivity contribution is 0.449. The van der Waals surface area contributed by atoms with Gasteiger partial charge in [0.1, 0.15) is 0 Å². The van der Waals surface area contributed by atoms with Crippen LogP contribution in [-0.4, -0.2) is 0 Å². The maximum Gasteiger partial charge on any atom is 0.196 e. The van der Waals surface area contributed by atoms with Gasteiger partial charge in [0.2, 0.25) is 0 Å². The summed E-state index contributed by atoms with van der Waals surface area (Å²) >= 11 is 0. The van der Waals surface area contributed by atoms with Crippen LogP contribution in [0.3, 0.4) is 0 Å². The smallest absolute Gasteiger partial charge is 0.196 e. The van der Waals surface area contributed by atoms with Gasteiger partial charge in [0.05, 0.1) is 5.69 Å². The minimum absolute atomic E-state index is 0.0539. The van der Waals surface area contributed by atoms with E-state index in [1.165, 1.54) is 6.07 Å². The molecule has 0 amide bonds. The van der Waals surface area contributed by atoms with Crippen molar-refractivity contribution in [1.82, 2.24) is 0 Å². The molecule has 0 radical (unpaired) electrons. The molecule has 21 heavy (non-hydrogen) atoms. The highest BCUT2D eigenvalue weighted by molar-refractivity contribution is 5.85. The molecular weight excluding hydrogens is 275 g/mol. The lowest BCUT2D eigenvalue weighted by Crippen LogP contribution is -2.04. The van der Waals surface area contributed by atoms with E-state index in [1.807, 2.05) is 42.5 Å². The van der Waals surface area contributed by atoms with Gasteiger partial charge in [0.15, 0.2) is 17.5 Å². The maximum absolute atomic E-state index is 13.6. The van der Waals surface area contributed by atoms with Gasteiger partial charge in [-0.2, -0.15) is 0 Å². The van der Waals surface area contributed by atoms with Crippen LogP contribution >= 0.6 is 0 Å². The van der Waals surface area contributed by atoms with E-state index in [2.05, 4.69) is 5.32 Å². The Hall–Kier alpha value is -2.49. The largest absolute Gasteiger partial charge is 0.378 e. The summed E-state index contributed by atoms with van der Waals surface area (Å²) in [5, 5.41) is 4.92. The Bertz CT molecular complexity index is 794. The molecule has 0 saturated heterocycles. The van der Waals surface area contributed by atoms with E-state index in [1.54, 1.807) is 0 Å². The van der Waals surface area contributed by atoms with Crippen LogP contribution in [0.4, 0.5) is 18.9 Å². The second kappa shape index (κ2) is 5.48. The van der Waals surface area contributed by atoms with Crippen LogP contribution in [0.2, 0.25) is 0 Å². The molecule has 3 rings (SSSR count). The second-order valence-electron chi connectivity index (χ2n) is 4.71. The number of anilines is 1. The summed E-state index contributed by atoms with van der Waals surface area (Å²) in [5.74, 6) is -3.85. The first-order chi connectivity index (χ1) is 10.2. The topological polar surface area (TPSA) is 12.0 Å². The van der Waals surface area contributed by atoms with Crippen LogP contribution < -0.4 is 5.32 Å². The summed E-state index contributed by atoms with van der Waals surface area (Å²) in [5.41, 5.74) is 0.902. The fourth-order valence-corrected chi connectivity index (χ4v) is 2.30. The van der Waals surface area contributed by atoms with E-state index in [0.717, 1.165) is 22.4 Å². The Kier molecular flexibility index (Phi) is 3.52. The third-order valence-electron chi connectivity index (χ3n) is 3.38. The molecule has 0 fully saturated rings. The van der Waals surface area contributed by atoms with Gasteiger partial charge >= 0.3 is 0 Å². The number of nitrogens with one attached hydrogen (secondary N) is 1. The molecule has 4 heteroatoms. The van der Waals surface area contributed by atoms with Crippen LogP contribution in [0.5, 0.6) is 0 Å². The van der Waals surface area contributed by atoms with Crippen molar-refractivity contribution in [2.24, 2.45) is 0 Å². The van der Waals surface area contributed by atoms with E-state index in [9.17, 15) is 13.2 Å². The summed E-state index contributed by atoms with van der Waals surface area (Å²) in [6.07, 6.45) is 0. The third kappa shape index (κ3) is 2.57. The van der Waals surface area contributed by atoms with Gasteiger partial charge < -0.3 is 5.32 Å². The molecule has 0 saturated carbocycles. The molecule has 106 valence electrons. The highest BCUT2D eigenvalue weighted by Crippen LogP contribution is 2.23. The van der Waals surface area contributed by atoms with E-state index in [-0.39, 0.29) is 5.69 Å². The zero-order chi connectivity index (χ0) is 14.8. The quantitative estimate of drug-likeness (QED) is 0.678. The fourth-order valence-electron chi connectivity index (χ4n) is 2.30. The molecule has 0 bridgehead atoms. The summed E-state index contributed by atoms with van der Waals surface area (Å²) in [7, 11) is 0. The minimum Gasteiger partial charge on any atom is -0.378 e. The van der Waals surface area contributed by atoms with Crippen molar-refractivity contribution in [2.75, 3.05) is 5.32 Å². The van der Waals surface area contributed by atoms with Gasteiger partial charge in [0, 0.05) is 6.54 Å². The van der Waals surface area contributed by atoms with Crippen molar-refractivity contribution >= 4 is 16.5 Å². The molecule has 0 spiro atoms. The number of hydrogen-bond donors (Lipinski definition) is 1. The summed E-state index contributed by atoms with van der Waals surface area (Å²) in [6.45, 7) is 0.323. The SMILES string of the molecule is Fc1ccc(NCc2cccc3ccccc23)c(F)c1F. The van der Waals surface area contributed by atoms with Gasteiger partial charge in [0.25, 0.3) is 0 Å². The predicted molar refractivity (Wildman–Crippen MR) is 77.6 cm³/mol. The first-order valence-electron chi connectivity index (χ1n) is 6.51. The highest BCUT2D eigenvalue weighted by atomic mass is 19.2. The minimum atomic E-state index is -1.46. The van der Waals surface area contributed by atoms with E-state index in [0.29, 0.717) is 6.54 Å². The molecule has 3 aromatic rings. The molecule has 0 aromatic heterocycles. The molecule has 3 aromatic carbocycles. The first-order valence-corrected chi connectivity index (χ1v) is 6.51. The van der Waals surface area contributed by atoms with Gasteiger partial charge in [-0.1, -0.05) is 42.5 Å².